The molecule has 0 saturated carbocycles. The summed E-state index contributed by atoms with van der Waals surface area (Å²) in [7, 11) is 0. The molecule has 2 unspecified atom stereocenters. The van der Waals surface area contributed by atoms with Crippen LogP contribution in [0.5, 0.6) is 5.75 Å². The quantitative estimate of drug-likeness (QED) is 0.236. The van der Waals surface area contributed by atoms with Crippen molar-refractivity contribution < 1.29 is 33.2 Å². The van der Waals surface area contributed by atoms with E-state index in [1.165, 1.54) is 0 Å². The molecule has 0 spiro atoms. The molecule has 148 valence electrons. The van der Waals surface area contributed by atoms with E-state index in [2.05, 4.69) is 0 Å². The van der Waals surface area contributed by atoms with E-state index in [9.17, 15) is 0 Å². The lowest BCUT2D eigenvalue weighted by molar-refractivity contribution is -0.128. The first-order chi connectivity index (χ1) is 12.9. The van der Waals surface area contributed by atoms with Crippen molar-refractivity contribution in [3.63, 3.8) is 0 Å². The van der Waals surface area contributed by atoms with Gasteiger partial charge in [0.25, 0.3) is 0 Å². The number of benzene rings is 1. The maximum Gasteiger partial charge on any atom is 0.223 e. The van der Waals surface area contributed by atoms with Gasteiger partial charge in [-0.25, -0.2) is 0 Å². The molecule has 0 bridgehead atoms. The normalized spacial score (nSPS) is 17.2. The van der Waals surface area contributed by atoms with Gasteiger partial charge in [0.2, 0.25) is 6.29 Å². The van der Waals surface area contributed by atoms with E-state index in [0.717, 1.165) is 12.4 Å². The van der Waals surface area contributed by atoms with Crippen molar-refractivity contribution in [2.45, 2.75) is 19.3 Å². The lowest BCUT2D eigenvalue weighted by atomic mass is 10.3. The molecule has 2 rings (SSSR count). The van der Waals surface area contributed by atoms with Crippen LogP contribution in [0.25, 0.3) is 0 Å². The minimum absolute atomic E-state index is 0.183. The molecule has 26 heavy (non-hydrogen) atoms. The van der Waals surface area contributed by atoms with Crippen LogP contribution in [-0.4, -0.2) is 78.5 Å². The average Bonchev–Trinajstić information content (AvgIpc) is 3.49. The molecule has 0 N–H and O–H groups in total. The SMILES string of the molecule is CCOCCOCCOCCOCC(OCC1CO1)Oc1ccccc1. The second-order valence-electron chi connectivity index (χ2n) is 5.65. The van der Waals surface area contributed by atoms with Crippen molar-refractivity contribution in [2.24, 2.45) is 0 Å². The summed E-state index contributed by atoms with van der Waals surface area (Å²) >= 11 is 0. The largest absolute Gasteiger partial charge is 0.462 e. The predicted octanol–water partition coefficient (Wildman–Crippen LogP) is 1.89. The van der Waals surface area contributed by atoms with Gasteiger partial charge in [-0.05, 0) is 19.1 Å². The van der Waals surface area contributed by atoms with Crippen LogP contribution in [0.3, 0.4) is 0 Å². The van der Waals surface area contributed by atoms with Gasteiger partial charge in [-0.1, -0.05) is 18.2 Å². The van der Waals surface area contributed by atoms with E-state index in [1.807, 2.05) is 37.3 Å². The van der Waals surface area contributed by atoms with E-state index in [-0.39, 0.29) is 6.10 Å². The Morgan fingerprint density at radius 2 is 1.54 bits per heavy atom. The van der Waals surface area contributed by atoms with Crippen LogP contribution in [0.4, 0.5) is 0 Å². The minimum Gasteiger partial charge on any atom is -0.462 e. The van der Waals surface area contributed by atoms with Gasteiger partial charge in [-0.2, -0.15) is 0 Å². The van der Waals surface area contributed by atoms with Crippen LogP contribution in [0.1, 0.15) is 6.92 Å². The molecule has 0 radical (unpaired) electrons. The number of para-hydroxylation sites is 1. The first-order valence-electron chi connectivity index (χ1n) is 9.14. The second kappa shape index (κ2) is 13.9. The topological polar surface area (TPSA) is 67.9 Å². The molecule has 1 aliphatic rings. The van der Waals surface area contributed by atoms with Crippen LogP contribution in [-0.2, 0) is 28.4 Å². The summed E-state index contributed by atoms with van der Waals surface area (Å²) in [5.74, 6) is 0.748. The van der Waals surface area contributed by atoms with Gasteiger partial charge in [0.15, 0.2) is 0 Å². The Bertz CT molecular complexity index is 439. The summed E-state index contributed by atoms with van der Waals surface area (Å²) in [5, 5.41) is 0. The smallest absolute Gasteiger partial charge is 0.223 e. The second-order valence-corrected chi connectivity index (χ2v) is 5.65. The van der Waals surface area contributed by atoms with Crippen molar-refractivity contribution >= 4 is 0 Å². The summed E-state index contributed by atoms with van der Waals surface area (Å²) in [6.45, 7) is 7.53. The molecule has 1 saturated heterocycles. The van der Waals surface area contributed by atoms with Crippen LogP contribution < -0.4 is 4.74 Å². The highest BCUT2D eigenvalue weighted by molar-refractivity contribution is 5.21. The minimum atomic E-state index is -0.469. The molecule has 7 nitrogen and oxygen atoms in total. The van der Waals surface area contributed by atoms with Crippen molar-refractivity contribution in [2.75, 3.05) is 66.1 Å². The number of epoxide rings is 1. The summed E-state index contributed by atoms with van der Waals surface area (Å²) < 4.78 is 38.3. The van der Waals surface area contributed by atoms with Crippen LogP contribution >= 0.6 is 0 Å². The highest BCUT2D eigenvalue weighted by atomic mass is 16.7. The van der Waals surface area contributed by atoms with Gasteiger partial charge in [0, 0.05) is 6.61 Å². The number of rotatable bonds is 17. The fraction of sp³-hybridized carbons (Fsp3) is 0.684. The van der Waals surface area contributed by atoms with Gasteiger partial charge in [0.05, 0.1) is 52.9 Å². The molecule has 0 aliphatic carbocycles. The van der Waals surface area contributed by atoms with Crippen molar-refractivity contribution in [3.8, 4) is 5.75 Å². The lowest BCUT2D eigenvalue weighted by Gasteiger charge is -2.19. The monoisotopic (exact) mass is 370 g/mol. The average molecular weight is 370 g/mol. The van der Waals surface area contributed by atoms with Crippen molar-refractivity contribution in [3.05, 3.63) is 30.3 Å². The third-order valence-corrected chi connectivity index (χ3v) is 3.46. The van der Waals surface area contributed by atoms with Crippen molar-refractivity contribution in [1.82, 2.24) is 0 Å². The highest BCUT2D eigenvalue weighted by Crippen LogP contribution is 2.14. The van der Waals surface area contributed by atoms with E-state index in [0.29, 0.717) is 59.5 Å². The number of ether oxygens (including phenoxy) is 7. The number of hydrogen-bond acceptors (Lipinski definition) is 7. The first kappa shape index (κ1) is 21.1. The van der Waals surface area contributed by atoms with Crippen LogP contribution in [0.15, 0.2) is 30.3 Å². The van der Waals surface area contributed by atoms with E-state index < -0.39 is 6.29 Å². The van der Waals surface area contributed by atoms with E-state index in [1.54, 1.807) is 0 Å². The standard InChI is InChI=1S/C19H30O7/c1-2-20-8-9-21-10-11-22-12-13-23-16-19(25-15-18-14-24-18)26-17-6-4-3-5-7-17/h3-7,18-19H,2,8-16H2,1H3. The summed E-state index contributed by atoms with van der Waals surface area (Å²) in [6.07, 6.45) is -0.286. The Hall–Kier alpha value is -1.22. The molecule has 1 aromatic rings. The predicted molar refractivity (Wildman–Crippen MR) is 95.5 cm³/mol. The lowest BCUT2D eigenvalue weighted by Crippen LogP contribution is -2.29. The zero-order valence-corrected chi connectivity index (χ0v) is 15.5. The van der Waals surface area contributed by atoms with Gasteiger partial charge >= 0.3 is 0 Å². The highest BCUT2D eigenvalue weighted by Gasteiger charge is 2.25. The Kier molecular flexibility index (Phi) is 11.3. The van der Waals surface area contributed by atoms with E-state index >= 15 is 0 Å². The van der Waals surface area contributed by atoms with Gasteiger partial charge in [-0.15, -0.1) is 0 Å². The molecule has 2 atom stereocenters. The summed E-state index contributed by atoms with van der Waals surface area (Å²) in [4.78, 5) is 0. The fourth-order valence-electron chi connectivity index (χ4n) is 2.03. The van der Waals surface area contributed by atoms with Crippen LogP contribution in [0, 0.1) is 0 Å². The first-order valence-corrected chi connectivity index (χ1v) is 9.14. The molecular formula is C19H30O7. The number of hydrogen-bond donors (Lipinski definition) is 0. The molecule has 1 aliphatic heterocycles. The van der Waals surface area contributed by atoms with Gasteiger partial charge in [0.1, 0.15) is 18.5 Å². The molecule has 1 aromatic carbocycles. The zero-order valence-electron chi connectivity index (χ0n) is 15.5. The molecule has 0 aromatic heterocycles. The third kappa shape index (κ3) is 10.7. The third-order valence-electron chi connectivity index (χ3n) is 3.46. The van der Waals surface area contributed by atoms with Gasteiger partial charge < -0.3 is 33.2 Å². The molecule has 0 amide bonds. The molecule has 1 fully saturated rings. The molecule has 7 heteroatoms. The van der Waals surface area contributed by atoms with Crippen LogP contribution in [0.2, 0.25) is 0 Å². The molecule has 1 heterocycles. The van der Waals surface area contributed by atoms with Gasteiger partial charge in [-0.3, -0.25) is 0 Å². The van der Waals surface area contributed by atoms with Crippen molar-refractivity contribution in [1.29, 1.82) is 0 Å². The Morgan fingerprint density at radius 1 is 0.923 bits per heavy atom. The Labute approximate surface area is 155 Å². The van der Waals surface area contributed by atoms with E-state index in [4.69, 9.17) is 33.2 Å². The molecular weight excluding hydrogens is 340 g/mol. The Balaban J connectivity index is 1.49. The zero-order chi connectivity index (χ0) is 18.3. The Morgan fingerprint density at radius 3 is 2.15 bits per heavy atom. The summed E-state index contributed by atoms with van der Waals surface area (Å²) in [6, 6.07) is 9.55. The maximum atomic E-state index is 5.81. The fourth-order valence-corrected chi connectivity index (χ4v) is 2.03. The summed E-state index contributed by atoms with van der Waals surface area (Å²) in [5.41, 5.74) is 0. The maximum absolute atomic E-state index is 5.81.